The van der Waals surface area contributed by atoms with E-state index >= 15 is 0 Å². The SMILES string of the molecule is Cc1ccc(-c2noc(-c3cccc(N4CCNCC4)c3)n2)cc1NC(=O)c1cnc2ccccn12. The highest BCUT2D eigenvalue weighted by atomic mass is 16.5. The van der Waals surface area contributed by atoms with Gasteiger partial charge in [-0.05, 0) is 48.9 Å². The number of amides is 1. The van der Waals surface area contributed by atoms with E-state index in [0.29, 0.717) is 28.7 Å². The third-order valence-electron chi connectivity index (χ3n) is 6.39. The number of fused-ring (bicyclic) bond motifs is 1. The molecule has 1 amide bonds. The molecule has 4 heterocycles. The van der Waals surface area contributed by atoms with Gasteiger partial charge >= 0.3 is 0 Å². The number of pyridine rings is 1. The van der Waals surface area contributed by atoms with Crippen molar-refractivity contribution in [2.45, 2.75) is 6.92 Å². The number of hydrogen-bond acceptors (Lipinski definition) is 7. The first-order valence-corrected chi connectivity index (χ1v) is 11.9. The van der Waals surface area contributed by atoms with Crippen molar-refractivity contribution in [2.24, 2.45) is 0 Å². The number of nitrogens with one attached hydrogen (secondary N) is 2. The molecule has 9 nitrogen and oxygen atoms in total. The molecule has 0 aliphatic carbocycles. The van der Waals surface area contributed by atoms with Crippen molar-refractivity contribution < 1.29 is 9.32 Å². The van der Waals surface area contributed by atoms with Crippen molar-refractivity contribution in [3.8, 4) is 22.8 Å². The predicted molar refractivity (Wildman–Crippen MR) is 138 cm³/mol. The van der Waals surface area contributed by atoms with Crippen LogP contribution < -0.4 is 15.5 Å². The first-order chi connectivity index (χ1) is 17.7. The summed E-state index contributed by atoms with van der Waals surface area (Å²) in [7, 11) is 0. The fraction of sp³-hybridized carbons (Fsp3) is 0.185. The van der Waals surface area contributed by atoms with Crippen LogP contribution in [0.1, 0.15) is 16.1 Å². The number of aromatic nitrogens is 4. The molecule has 0 radical (unpaired) electrons. The van der Waals surface area contributed by atoms with Crippen molar-refractivity contribution in [3.63, 3.8) is 0 Å². The molecule has 0 saturated carbocycles. The second-order valence-electron chi connectivity index (χ2n) is 8.77. The second kappa shape index (κ2) is 9.27. The van der Waals surface area contributed by atoms with Gasteiger partial charge in [0.1, 0.15) is 11.3 Å². The number of anilines is 2. The van der Waals surface area contributed by atoms with Crippen LogP contribution in [0.25, 0.3) is 28.5 Å². The van der Waals surface area contributed by atoms with Crippen molar-refractivity contribution in [1.29, 1.82) is 0 Å². The maximum atomic E-state index is 13.0. The fourth-order valence-electron chi connectivity index (χ4n) is 4.40. The number of aryl methyl sites for hydroxylation is 1. The summed E-state index contributed by atoms with van der Waals surface area (Å²) < 4.78 is 7.37. The summed E-state index contributed by atoms with van der Waals surface area (Å²) in [6, 6.07) is 19.5. The molecule has 0 atom stereocenters. The largest absolute Gasteiger partial charge is 0.369 e. The molecule has 0 unspecified atom stereocenters. The Balaban J connectivity index is 1.25. The Hall–Kier alpha value is -4.50. The first kappa shape index (κ1) is 22.0. The minimum Gasteiger partial charge on any atom is -0.369 e. The monoisotopic (exact) mass is 479 g/mol. The lowest BCUT2D eigenvalue weighted by molar-refractivity contribution is 0.102. The molecular weight excluding hydrogens is 454 g/mol. The van der Waals surface area contributed by atoms with Gasteiger partial charge in [-0.15, -0.1) is 0 Å². The fourth-order valence-corrected chi connectivity index (χ4v) is 4.40. The van der Waals surface area contributed by atoms with E-state index in [4.69, 9.17) is 4.52 Å². The van der Waals surface area contributed by atoms with Gasteiger partial charge in [0.05, 0.1) is 6.20 Å². The molecule has 1 fully saturated rings. The standard InChI is InChI=1S/C27H25N7O2/c1-18-8-9-19(16-22(18)30-26(35)23-17-29-24-7-2-3-12-34(23)24)25-31-27(36-32-25)20-5-4-6-21(15-20)33-13-10-28-11-14-33/h2-9,12,15-17,28H,10-11,13-14H2,1H3,(H,30,35). The Kier molecular flexibility index (Phi) is 5.67. The summed E-state index contributed by atoms with van der Waals surface area (Å²) in [4.78, 5) is 24.3. The molecule has 1 aliphatic heterocycles. The Labute approximate surface area is 207 Å². The average molecular weight is 480 g/mol. The minimum absolute atomic E-state index is 0.243. The molecule has 9 heteroatoms. The van der Waals surface area contributed by atoms with Crippen molar-refractivity contribution in [1.82, 2.24) is 24.8 Å². The normalized spacial score (nSPS) is 13.8. The number of nitrogens with zero attached hydrogens (tertiary/aromatic N) is 5. The van der Waals surface area contributed by atoms with Crippen molar-refractivity contribution in [3.05, 3.63) is 84.3 Å². The molecule has 6 rings (SSSR count). The molecule has 0 bridgehead atoms. The van der Waals surface area contributed by atoms with Gasteiger partial charge < -0.3 is 20.1 Å². The van der Waals surface area contributed by atoms with E-state index in [-0.39, 0.29) is 5.91 Å². The van der Waals surface area contributed by atoms with Crippen LogP contribution in [-0.2, 0) is 0 Å². The van der Waals surface area contributed by atoms with Crippen LogP contribution in [0.3, 0.4) is 0 Å². The van der Waals surface area contributed by atoms with Crippen molar-refractivity contribution >= 4 is 22.9 Å². The lowest BCUT2D eigenvalue weighted by Gasteiger charge is -2.29. The third-order valence-corrected chi connectivity index (χ3v) is 6.39. The highest BCUT2D eigenvalue weighted by Gasteiger charge is 2.17. The third kappa shape index (κ3) is 4.20. The molecule has 1 aliphatic rings. The van der Waals surface area contributed by atoms with Crippen LogP contribution in [-0.4, -0.2) is 51.6 Å². The van der Waals surface area contributed by atoms with Gasteiger partial charge in [0.15, 0.2) is 0 Å². The Morgan fingerprint density at radius 2 is 1.92 bits per heavy atom. The molecule has 1 saturated heterocycles. The highest BCUT2D eigenvalue weighted by Crippen LogP contribution is 2.28. The van der Waals surface area contributed by atoms with E-state index in [0.717, 1.165) is 48.6 Å². The summed E-state index contributed by atoms with van der Waals surface area (Å²) >= 11 is 0. The molecule has 0 spiro atoms. The second-order valence-corrected chi connectivity index (χ2v) is 8.77. The predicted octanol–water partition coefficient (Wildman–Crippen LogP) is 4.02. The van der Waals surface area contributed by atoms with Gasteiger partial charge in [-0.3, -0.25) is 9.20 Å². The van der Waals surface area contributed by atoms with E-state index in [1.54, 1.807) is 10.6 Å². The molecule has 180 valence electrons. The molecule has 5 aromatic rings. The zero-order chi connectivity index (χ0) is 24.5. The van der Waals surface area contributed by atoms with Gasteiger partial charge in [-0.2, -0.15) is 4.98 Å². The highest BCUT2D eigenvalue weighted by molar-refractivity contribution is 6.04. The van der Waals surface area contributed by atoms with E-state index in [1.165, 1.54) is 0 Å². The van der Waals surface area contributed by atoms with Gasteiger partial charge in [-0.25, -0.2) is 4.98 Å². The zero-order valence-electron chi connectivity index (χ0n) is 19.8. The maximum Gasteiger partial charge on any atom is 0.274 e. The van der Waals surface area contributed by atoms with Gasteiger partial charge in [0, 0.05) is 54.9 Å². The number of hydrogen-bond donors (Lipinski definition) is 2. The summed E-state index contributed by atoms with van der Waals surface area (Å²) in [5.74, 6) is 0.675. The Morgan fingerprint density at radius 3 is 2.81 bits per heavy atom. The molecule has 2 N–H and O–H groups in total. The summed E-state index contributed by atoms with van der Waals surface area (Å²) in [5, 5.41) is 10.6. The van der Waals surface area contributed by atoms with Crippen LogP contribution in [0.5, 0.6) is 0 Å². The maximum absolute atomic E-state index is 13.0. The van der Waals surface area contributed by atoms with Crippen LogP contribution in [0, 0.1) is 6.92 Å². The van der Waals surface area contributed by atoms with Gasteiger partial charge in [0.25, 0.3) is 11.8 Å². The molecule has 36 heavy (non-hydrogen) atoms. The molecule has 2 aromatic carbocycles. The van der Waals surface area contributed by atoms with E-state index < -0.39 is 0 Å². The van der Waals surface area contributed by atoms with Crippen molar-refractivity contribution in [2.75, 3.05) is 36.4 Å². The quantitative estimate of drug-likeness (QED) is 0.393. The van der Waals surface area contributed by atoms with Crippen LogP contribution >= 0.6 is 0 Å². The Morgan fingerprint density at radius 1 is 1.03 bits per heavy atom. The number of benzene rings is 2. The van der Waals surface area contributed by atoms with Crippen LogP contribution in [0.2, 0.25) is 0 Å². The average Bonchev–Trinajstić information content (AvgIpc) is 3.59. The number of rotatable bonds is 5. The van der Waals surface area contributed by atoms with E-state index in [9.17, 15) is 4.79 Å². The number of carbonyl (C=O) groups excluding carboxylic acids is 1. The smallest absolute Gasteiger partial charge is 0.274 e. The lowest BCUT2D eigenvalue weighted by Crippen LogP contribution is -2.43. The lowest BCUT2D eigenvalue weighted by atomic mass is 10.1. The molecule has 3 aromatic heterocycles. The first-order valence-electron chi connectivity index (χ1n) is 11.9. The number of piperazine rings is 1. The van der Waals surface area contributed by atoms with E-state index in [1.807, 2.05) is 61.7 Å². The zero-order valence-corrected chi connectivity index (χ0v) is 19.8. The van der Waals surface area contributed by atoms with E-state index in [2.05, 4.69) is 42.8 Å². The Bertz CT molecular complexity index is 1550. The molecular formula is C27H25N7O2. The number of carbonyl (C=O) groups is 1. The summed E-state index contributed by atoms with van der Waals surface area (Å²) in [6.45, 7) is 5.81. The van der Waals surface area contributed by atoms with Gasteiger partial charge in [-0.1, -0.05) is 29.4 Å². The van der Waals surface area contributed by atoms with Crippen LogP contribution in [0.4, 0.5) is 11.4 Å². The number of imidazole rings is 1. The summed E-state index contributed by atoms with van der Waals surface area (Å²) in [6.07, 6.45) is 3.39. The van der Waals surface area contributed by atoms with Crippen LogP contribution in [0.15, 0.2) is 77.6 Å². The minimum atomic E-state index is -0.243. The topological polar surface area (TPSA) is 101 Å². The summed E-state index contributed by atoms with van der Waals surface area (Å²) in [5.41, 5.74) is 5.54. The van der Waals surface area contributed by atoms with Gasteiger partial charge in [0.2, 0.25) is 5.82 Å².